The van der Waals surface area contributed by atoms with Crippen LogP contribution in [0.15, 0.2) is 46.9 Å². The summed E-state index contributed by atoms with van der Waals surface area (Å²) in [6, 6.07) is 14.9. The maximum absolute atomic E-state index is 6.03. The highest BCUT2D eigenvalue weighted by Gasteiger charge is 2.14. The van der Waals surface area contributed by atoms with Crippen molar-refractivity contribution in [2.24, 2.45) is 0 Å². The number of nitrogens with one attached hydrogen (secondary N) is 1. The van der Waals surface area contributed by atoms with E-state index >= 15 is 0 Å². The second-order valence-electron chi connectivity index (χ2n) is 4.61. The first-order valence-electron chi connectivity index (χ1n) is 6.53. The Morgan fingerprint density at radius 1 is 1.20 bits per heavy atom. The minimum atomic E-state index is 0.284. The van der Waals surface area contributed by atoms with Crippen molar-refractivity contribution in [1.29, 1.82) is 0 Å². The topological polar surface area (TPSA) is 12.0 Å². The maximum Gasteiger partial charge on any atom is 0.0417 e. The fourth-order valence-corrected chi connectivity index (χ4v) is 3.50. The highest BCUT2D eigenvalue weighted by molar-refractivity contribution is 14.1. The van der Waals surface area contributed by atoms with E-state index in [-0.39, 0.29) is 6.04 Å². The Kier molecular flexibility index (Phi) is 6.33. The molecular weight excluding hydrogens is 448 g/mol. The monoisotopic (exact) mass is 463 g/mol. The van der Waals surface area contributed by atoms with Gasteiger partial charge in [-0.05, 0) is 70.9 Å². The van der Waals surface area contributed by atoms with Gasteiger partial charge in [-0.2, -0.15) is 0 Å². The van der Waals surface area contributed by atoms with E-state index in [1.807, 2.05) is 12.1 Å². The Morgan fingerprint density at radius 3 is 2.50 bits per heavy atom. The Balaban J connectivity index is 2.24. The molecule has 1 nitrogen and oxygen atoms in total. The second-order valence-corrected chi connectivity index (χ2v) is 7.14. The predicted octanol–water partition coefficient (Wildman–Crippen LogP) is 5.60. The fraction of sp³-hybridized carbons (Fsp3) is 0.250. The summed E-state index contributed by atoms with van der Waals surface area (Å²) >= 11 is 12.0. The van der Waals surface area contributed by atoms with E-state index in [0.717, 1.165) is 22.5 Å². The minimum Gasteiger partial charge on any atom is -0.310 e. The van der Waals surface area contributed by atoms with Gasteiger partial charge < -0.3 is 5.32 Å². The molecule has 4 heteroatoms. The predicted molar refractivity (Wildman–Crippen MR) is 98.4 cm³/mol. The summed E-state index contributed by atoms with van der Waals surface area (Å²) < 4.78 is 2.32. The van der Waals surface area contributed by atoms with Crippen LogP contribution in [0.1, 0.15) is 24.1 Å². The number of hydrogen-bond acceptors (Lipinski definition) is 1. The van der Waals surface area contributed by atoms with E-state index in [1.54, 1.807) is 0 Å². The summed E-state index contributed by atoms with van der Waals surface area (Å²) in [7, 11) is 0. The lowest BCUT2D eigenvalue weighted by Crippen LogP contribution is -2.23. The summed E-state index contributed by atoms with van der Waals surface area (Å²) in [5, 5.41) is 4.30. The van der Waals surface area contributed by atoms with Crippen LogP contribution in [0, 0.1) is 3.57 Å². The molecule has 0 aliphatic carbocycles. The third-order valence-corrected chi connectivity index (χ3v) is 4.78. The third kappa shape index (κ3) is 4.45. The molecule has 0 fully saturated rings. The molecule has 2 aromatic carbocycles. The molecule has 20 heavy (non-hydrogen) atoms. The largest absolute Gasteiger partial charge is 0.310 e. The summed E-state index contributed by atoms with van der Waals surface area (Å²) in [5.74, 6) is 0. The van der Waals surface area contributed by atoms with Gasteiger partial charge in [0.05, 0.1) is 0 Å². The lowest BCUT2D eigenvalue weighted by molar-refractivity contribution is 0.548. The fourth-order valence-electron chi connectivity index (χ4n) is 2.18. The zero-order chi connectivity index (χ0) is 14.5. The maximum atomic E-state index is 6.03. The van der Waals surface area contributed by atoms with Gasteiger partial charge in [-0.15, -0.1) is 0 Å². The highest BCUT2D eigenvalue weighted by Crippen LogP contribution is 2.29. The average Bonchev–Trinajstić information content (AvgIpc) is 2.41. The molecule has 0 radical (unpaired) electrons. The lowest BCUT2D eigenvalue weighted by Gasteiger charge is -2.20. The van der Waals surface area contributed by atoms with Crippen molar-refractivity contribution >= 4 is 50.1 Å². The molecule has 0 amide bonds. The van der Waals surface area contributed by atoms with Crippen LogP contribution in [0.5, 0.6) is 0 Å². The van der Waals surface area contributed by atoms with E-state index in [2.05, 4.69) is 81.1 Å². The zero-order valence-electron chi connectivity index (χ0n) is 11.2. The Hall–Kier alpha value is -0.100. The second kappa shape index (κ2) is 7.78. The smallest absolute Gasteiger partial charge is 0.0417 e. The van der Waals surface area contributed by atoms with Crippen molar-refractivity contribution in [3.8, 4) is 0 Å². The highest BCUT2D eigenvalue weighted by atomic mass is 127. The molecule has 1 unspecified atom stereocenters. The molecular formula is C16H16BrClIN. The Bertz CT molecular complexity index is 571. The van der Waals surface area contributed by atoms with E-state index < -0.39 is 0 Å². The first kappa shape index (κ1) is 16.3. The molecule has 0 bridgehead atoms. The summed E-state index contributed by atoms with van der Waals surface area (Å²) in [4.78, 5) is 0. The van der Waals surface area contributed by atoms with Crippen molar-refractivity contribution in [3.63, 3.8) is 0 Å². The lowest BCUT2D eigenvalue weighted by atomic mass is 9.99. The number of rotatable bonds is 5. The van der Waals surface area contributed by atoms with E-state index in [4.69, 9.17) is 11.6 Å². The minimum absolute atomic E-state index is 0.284. The van der Waals surface area contributed by atoms with Gasteiger partial charge in [0, 0.05) is 19.1 Å². The van der Waals surface area contributed by atoms with Crippen LogP contribution in [0.3, 0.4) is 0 Å². The molecule has 0 saturated heterocycles. The zero-order valence-corrected chi connectivity index (χ0v) is 15.7. The van der Waals surface area contributed by atoms with Gasteiger partial charge >= 0.3 is 0 Å². The standard InChI is InChI=1S/C16H16BrClIN/c1-2-20-16(9-11-3-6-13(19)7-4-11)14-8-5-12(18)10-15(14)17/h3-8,10,16,20H,2,9H2,1H3. The molecule has 0 aliphatic heterocycles. The molecule has 2 rings (SSSR count). The normalized spacial score (nSPS) is 12.4. The van der Waals surface area contributed by atoms with Gasteiger partial charge in [-0.3, -0.25) is 0 Å². The van der Waals surface area contributed by atoms with Gasteiger partial charge in [-0.25, -0.2) is 0 Å². The summed E-state index contributed by atoms with van der Waals surface area (Å²) in [6.45, 7) is 3.06. The molecule has 1 N–H and O–H groups in total. The first-order valence-corrected chi connectivity index (χ1v) is 8.78. The Morgan fingerprint density at radius 2 is 1.90 bits per heavy atom. The molecule has 0 saturated carbocycles. The Labute approximate surface area is 147 Å². The van der Waals surface area contributed by atoms with Crippen molar-refractivity contribution < 1.29 is 0 Å². The van der Waals surface area contributed by atoms with Gasteiger partial charge in [-0.1, -0.05) is 52.7 Å². The van der Waals surface area contributed by atoms with Crippen molar-refractivity contribution in [3.05, 3.63) is 66.7 Å². The van der Waals surface area contributed by atoms with Crippen LogP contribution in [-0.2, 0) is 6.42 Å². The van der Waals surface area contributed by atoms with E-state index in [0.29, 0.717) is 0 Å². The van der Waals surface area contributed by atoms with Crippen LogP contribution >= 0.6 is 50.1 Å². The molecule has 0 aliphatic rings. The first-order chi connectivity index (χ1) is 9.60. The van der Waals surface area contributed by atoms with E-state index in [1.165, 1.54) is 14.7 Å². The SMILES string of the molecule is CCNC(Cc1ccc(I)cc1)c1ccc(Cl)cc1Br. The number of likely N-dealkylation sites (N-methyl/N-ethyl adjacent to an activating group) is 1. The number of hydrogen-bond donors (Lipinski definition) is 1. The van der Waals surface area contributed by atoms with Crippen molar-refractivity contribution in [2.45, 2.75) is 19.4 Å². The van der Waals surface area contributed by atoms with Gasteiger partial charge in [0.2, 0.25) is 0 Å². The number of halogens is 3. The number of benzene rings is 2. The molecule has 0 aromatic heterocycles. The summed E-state index contributed by atoms with van der Waals surface area (Å²) in [6.07, 6.45) is 0.963. The van der Waals surface area contributed by atoms with Gasteiger partial charge in [0.1, 0.15) is 0 Å². The van der Waals surface area contributed by atoms with E-state index in [9.17, 15) is 0 Å². The van der Waals surface area contributed by atoms with Crippen LogP contribution in [0.4, 0.5) is 0 Å². The molecule has 1 atom stereocenters. The molecule has 2 aromatic rings. The van der Waals surface area contributed by atoms with Gasteiger partial charge in [0.15, 0.2) is 0 Å². The van der Waals surface area contributed by atoms with Crippen molar-refractivity contribution in [2.75, 3.05) is 6.54 Å². The average molecular weight is 465 g/mol. The molecule has 0 spiro atoms. The third-order valence-electron chi connectivity index (χ3n) is 3.14. The van der Waals surface area contributed by atoms with Crippen LogP contribution in [-0.4, -0.2) is 6.54 Å². The molecule has 0 heterocycles. The quantitative estimate of drug-likeness (QED) is 0.568. The van der Waals surface area contributed by atoms with Crippen LogP contribution in [0.2, 0.25) is 5.02 Å². The van der Waals surface area contributed by atoms with Crippen LogP contribution in [0.25, 0.3) is 0 Å². The summed E-state index contributed by atoms with van der Waals surface area (Å²) in [5.41, 5.74) is 2.58. The molecule has 106 valence electrons. The van der Waals surface area contributed by atoms with Crippen LogP contribution < -0.4 is 5.32 Å². The van der Waals surface area contributed by atoms with Gasteiger partial charge in [0.25, 0.3) is 0 Å². The van der Waals surface area contributed by atoms with Crippen molar-refractivity contribution in [1.82, 2.24) is 5.32 Å².